The van der Waals surface area contributed by atoms with E-state index in [0.717, 1.165) is 5.56 Å². The summed E-state index contributed by atoms with van der Waals surface area (Å²) in [5, 5.41) is 11.4. The highest BCUT2D eigenvalue weighted by atomic mass is 35.5. The molecule has 1 aromatic carbocycles. The molecule has 2 N–H and O–H groups in total. The van der Waals surface area contributed by atoms with E-state index in [0.29, 0.717) is 5.69 Å². The second-order valence-electron chi connectivity index (χ2n) is 4.47. The molecule has 6 nitrogen and oxygen atoms in total. The number of pyridine rings is 1. The number of carbonyl (C=O) groups excluding carboxylic acids is 1. The largest absolute Gasteiger partial charge is 0.478 e. The van der Waals surface area contributed by atoms with Gasteiger partial charge in [0.1, 0.15) is 6.61 Å². The zero-order valence-electron chi connectivity index (χ0n) is 11.7. The molecule has 0 fully saturated rings. The van der Waals surface area contributed by atoms with Crippen molar-refractivity contribution in [1.29, 1.82) is 0 Å². The van der Waals surface area contributed by atoms with Gasteiger partial charge >= 0.3 is 12.1 Å². The van der Waals surface area contributed by atoms with Crippen LogP contribution >= 0.6 is 11.6 Å². The number of halogens is 1. The molecule has 22 heavy (non-hydrogen) atoms. The van der Waals surface area contributed by atoms with Gasteiger partial charge in [0.2, 0.25) is 0 Å². The van der Waals surface area contributed by atoms with Gasteiger partial charge < -0.3 is 9.84 Å². The Morgan fingerprint density at radius 1 is 1.32 bits per heavy atom. The van der Waals surface area contributed by atoms with Gasteiger partial charge in [0.25, 0.3) is 0 Å². The fourth-order valence-electron chi connectivity index (χ4n) is 1.78. The quantitative estimate of drug-likeness (QED) is 0.842. The number of carbonyl (C=O) groups is 2. The molecule has 1 aromatic heterocycles. The normalized spacial score (nSPS) is 10.1. The van der Waals surface area contributed by atoms with E-state index < -0.39 is 12.1 Å². The van der Waals surface area contributed by atoms with Gasteiger partial charge in [0.05, 0.1) is 11.3 Å². The second kappa shape index (κ2) is 6.91. The van der Waals surface area contributed by atoms with E-state index in [-0.39, 0.29) is 23.0 Å². The molecule has 2 rings (SSSR count). The number of carboxylic acid groups (broad SMARTS) is 1. The number of anilines is 1. The van der Waals surface area contributed by atoms with E-state index in [1.54, 1.807) is 19.1 Å². The Bertz CT molecular complexity index is 704. The van der Waals surface area contributed by atoms with Crippen LogP contribution in [0.4, 0.5) is 10.5 Å². The smallest absolute Gasteiger partial charge is 0.412 e. The van der Waals surface area contributed by atoms with Gasteiger partial charge in [-0.25, -0.2) is 14.6 Å². The van der Waals surface area contributed by atoms with Crippen LogP contribution in [0, 0.1) is 6.92 Å². The van der Waals surface area contributed by atoms with Crippen molar-refractivity contribution >= 4 is 29.4 Å². The Morgan fingerprint density at radius 2 is 2.00 bits per heavy atom. The Kier molecular flexibility index (Phi) is 4.95. The molecule has 0 spiro atoms. The average molecular weight is 321 g/mol. The monoisotopic (exact) mass is 320 g/mol. The lowest BCUT2D eigenvalue weighted by Gasteiger charge is -2.11. The van der Waals surface area contributed by atoms with Gasteiger partial charge in [0, 0.05) is 5.69 Å². The lowest BCUT2D eigenvalue weighted by molar-refractivity contribution is 0.0697. The molecule has 0 bridgehead atoms. The number of nitrogens with one attached hydrogen (secondary N) is 1. The van der Waals surface area contributed by atoms with Gasteiger partial charge in [-0.15, -0.1) is 0 Å². The number of carboxylic acids is 1. The highest BCUT2D eigenvalue weighted by molar-refractivity contribution is 6.33. The number of aromatic nitrogens is 1. The van der Waals surface area contributed by atoms with Crippen LogP contribution in [0.25, 0.3) is 0 Å². The topological polar surface area (TPSA) is 88.5 Å². The molecule has 0 unspecified atom stereocenters. The molecule has 0 aliphatic carbocycles. The second-order valence-corrected chi connectivity index (χ2v) is 4.83. The maximum absolute atomic E-state index is 11.8. The number of hydrogen-bond acceptors (Lipinski definition) is 4. The maximum Gasteiger partial charge on any atom is 0.412 e. The molecular weight excluding hydrogens is 308 g/mol. The van der Waals surface area contributed by atoms with Crippen molar-refractivity contribution in [3.05, 3.63) is 58.4 Å². The third kappa shape index (κ3) is 3.95. The summed E-state index contributed by atoms with van der Waals surface area (Å²) in [6.45, 7) is 1.67. The summed E-state index contributed by atoms with van der Waals surface area (Å²) in [6.07, 6.45) is -0.807. The van der Waals surface area contributed by atoms with E-state index in [4.69, 9.17) is 21.4 Å². The summed E-state index contributed by atoms with van der Waals surface area (Å²) < 4.78 is 5.02. The predicted molar refractivity (Wildman–Crippen MR) is 81.2 cm³/mol. The van der Waals surface area contributed by atoms with Gasteiger partial charge in [-0.05, 0) is 18.6 Å². The number of rotatable bonds is 4. The number of aryl methyl sites for hydroxylation is 1. The molecule has 0 saturated carbocycles. The van der Waals surface area contributed by atoms with Crippen LogP contribution in [0.1, 0.15) is 21.6 Å². The van der Waals surface area contributed by atoms with Crippen LogP contribution in [0.3, 0.4) is 0 Å². The first-order valence-corrected chi connectivity index (χ1v) is 6.73. The van der Waals surface area contributed by atoms with Crippen molar-refractivity contribution in [3.63, 3.8) is 0 Å². The summed E-state index contributed by atoms with van der Waals surface area (Å²) in [4.78, 5) is 26.9. The van der Waals surface area contributed by atoms with E-state index in [9.17, 15) is 9.59 Å². The standard InChI is InChI=1S/C15H13ClN2O4/c1-9-7-11(14(19)20)12(13(16)17-9)18-15(21)22-8-10-5-3-2-4-6-10/h2-7H,8H2,1H3,(H,18,21)(H,19,20). The lowest BCUT2D eigenvalue weighted by Crippen LogP contribution is -2.17. The first kappa shape index (κ1) is 15.8. The van der Waals surface area contributed by atoms with E-state index in [2.05, 4.69) is 10.3 Å². The number of hydrogen-bond donors (Lipinski definition) is 2. The summed E-state index contributed by atoms with van der Waals surface area (Å²) in [6, 6.07) is 10.4. The van der Waals surface area contributed by atoms with Gasteiger partial charge in [-0.2, -0.15) is 0 Å². The Balaban J connectivity index is 2.10. The summed E-state index contributed by atoms with van der Waals surface area (Å²) in [7, 11) is 0. The number of ether oxygens (including phenoxy) is 1. The maximum atomic E-state index is 11.8. The first-order chi connectivity index (χ1) is 10.5. The van der Waals surface area contributed by atoms with Gasteiger partial charge in [-0.3, -0.25) is 5.32 Å². The van der Waals surface area contributed by atoms with Crippen LogP contribution in [0.15, 0.2) is 36.4 Å². The Hall–Kier alpha value is -2.60. The number of benzene rings is 1. The van der Waals surface area contributed by atoms with Crippen molar-refractivity contribution < 1.29 is 19.4 Å². The van der Waals surface area contributed by atoms with Gasteiger partial charge in [-0.1, -0.05) is 41.9 Å². The van der Waals surface area contributed by atoms with Crippen molar-refractivity contribution in [3.8, 4) is 0 Å². The Labute approximate surface area is 131 Å². The molecule has 0 saturated heterocycles. The molecule has 0 radical (unpaired) electrons. The summed E-state index contributed by atoms with van der Waals surface area (Å²) >= 11 is 5.90. The number of aromatic carboxylic acids is 1. The van der Waals surface area contributed by atoms with Crippen molar-refractivity contribution in [2.24, 2.45) is 0 Å². The fraction of sp³-hybridized carbons (Fsp3) is 0.133. The van der Waals surface area contributed by atoms with Crippen LogP contribution in [0.2, 0.25) is 5.15 Å². The fourth-order valence-corrected chi connectivity index (χ4v) is 2.07. The van der Waals surface area contributed by atoms with Crippen LogP contribution in [0.5, 0.6) is 0 Å². The van der Waals surface area contributed by atoms with E-state index in [1.165, 1.54) is 6.07 Å². The molecule has 0 aliphatic rings. The number of nitrogens with zero attached hydrogens (tertiary/aromatic N) is 1. The third-order valence-corrected chi connectivity index (χ3v) is 3.05. The summed E-state index contributed by atoms with van der Waals surface area (Å²) in [5.74, 6) is -1.22. The molecule has 7 heteroatoms. The highest BCUT2D eigenvalue weighted by Gasteiger charge is 2.18. The minimum absolute atomic E-state index is 0.0615. The third-order valence-electron chi connectivity index (χ3n) is 2.77. The van der Waals surface area contributed by atoms with Crippen molar-refractivity contribution in [1.82, 2.24) is 4.98 Å². The molecular formula is C15H13ClN2O4. The minimum Gasteiger partial charge on any atom is -0.478 e. The van der Waals surface area contributed by atoms with Crippen molar-refractivity contribution in [2.45, 2.75) is 13.5 Å². The zero-order valence-corrected chi connectivity index (χ0v) is 12.4. The SMILES string of the molecule is Cc1cc(C(=O)O)c(NC(=O)OCc2ccccc2)c(Cl)n1. The van der Waals surface area contributed by atoms with Crippen LogP contribution < -0.4 is 5.32 Å². The van der Waals surface area contributed by atoms with E-state index >= 15 is 0 Å². The van der Waals surface area contributed by atoms with Crippen LogP contribution in [-0.2, 0) is 11.3 Å². The molecule has 0 aliphatic heterocycles. The van der Waals surface area contributed by atoms with E-state index in [1.807, 2.05) is 18.2 Å². The molecule has 0 atom stereocenters. The molecule has 114 valence electrons. The average Bonchev–Trinajstić information content (AvgIpc) is 2.48. The molecule has 2 aromatic rings. The first-order valence-electron chi connectivity index (χ1n) is 6.35. The highest BCUT2D eigenvalue weighted by Crippen LogP contribution is 2.25. The lowest BCUT2D eigenvalue weighted by atomic mass is 10.2. The van der Waals surface area contributed by atoms with Crippen LogP contribution in [-0.4, -0.2) is 22.2 Å². The summed E-state index contributed by atoms with van der Waals surface area (Å²) in [5.41, 5.74) is 1.02. The van der Waals surface area contributed by atoms with Crippen molar-refractivity contribution in [2.75, 3.05) is 5.32 Å². The minimum atomic E-state index is -1.22. The molecule has 1 amide bonds. The molecule has 1 heterocycles. The van der Waals surface area contributed by atoms with Gasteiger partial charge in [0.15, 0.2) is 5.15 Å². The predicted octanol–water partition coefficient (Wildman–Crippen LogP) is 3.49. The number of amides is 1. The Morgan fingerprint density at radius 3 is 2.64 bits per heavy atom. The zero-order chi connectivity index (χ0) is 16.1.